The van der Waals surface area contributed by atoms with Gasteiger partial charge in [-0.25, -0.2) is 4.79 Å². The number of amides is 1. The molecule has 132 valence electrons. The van der Waals surface area contributed by atoms with Gasteiger partial charge in [0, 0.05) is 18.7 Å². The van der Waals surface area contributed by atoms with Crippen LogP contribution in [0.1, 0.15) is 12.5 Å². The van der Waals surface area contributed by atoms with E-state index in [9.17, 15) is 32.9 Å². The summed E-state index contributed by atoms with van der Waals surface area (Å²) in [6.45, 7) is 0.668. The number of carbonyl (C=O) groups is 2. The highest BCUT2D eigenvalue weighted by Gasteiger charge is 2.35. The van der Waals surface area contributed by atoms with Crippen molar-refractivity contribution in [3.05, 3.63) is 33.9 Å². The summed E-state index contributed by atoms with van der Waals surface area (Å²) in [6, 6.07) is 1.86. The monoisotopic (exact) mass is 350 g/mol. The first-order valence-electron chi connectivity index (χ1n) is 6.54. The van der Waals surface area contributed by atoms with Crippen molar-refractivity contribution in [3.8, 4) is 0 Å². The van der Waals surface area contributed by atoms with Gasteiger partial charge in [0.1, 0.15) is 6.61 Å². The molecule has 0 spiro atoms. The topological polar surface area (TPSA) is 108 Å². The van der Waals surface area contributed by atoms with Gasteiger partial charge in [-0.1, -0.05) is 0 Å². The van der Waals surface area contributed by atoms with Crippen molar-refractivity contribution in [2.24, 2.45) is 0 Å². The first kappa shape index (κ1) is 19.4. The third-order valence-corrected chi connectivity index (χ3v) is 2.58. The Kier molecular flexibility index (Phi) is 6.65. The molecule has 1 N–H and O–H groups in total. The second-order valence-electron chi connectivity index (χ2n) is 4.33. The average molecular weight is 350 g/mol. The fourth-order valence-electron chi connectivity index (χ4n) is 1.55. The molecule has 0 aliphatic heterocycles. The van der Waals surface area contributed by atoms with E-state index in [0.29, 0.717) is 6.07 Å². The molecule has 0 aromatic heterocycles. The van der Waals surface area contributed by atoms with E-state index in [1.165, 1.54) is 0 Å². The molecule has 1 amide bonds. The summed E-state index contributed by atoms with van der Waals surface area (Å²) in [4.78, 5) is 32.2. The fourth-order valence-corrected chi connectivity index (χ4v) is 1.55. The largest absolute Gasteiger partial charge is 0.454 e. The van der Waals surface area contributed by atoms with Crippen LogP contribution in [0.4, 0.5) is 24.5 Å². The molecule has 0 heterocycles. The van der Waals surface area contributed by atoms with Gasteiger partial charge in [-0.15, -0.1) is 0 Å². The minimum atomic E-state index is -4.92. The summed E-state index contributed by atoms with van der Waals surface area (Å²) >= 11 is 0. The number of halogens is 3. The fraction of sp³-hybridized carbons (Fsp3) is 0.385. The van der Waals surface area contributed by atoms with Gasteiger partial charge in [-0.2, -0.15) is 13.2 Å². The molecule has 0 bridgehead atoms. The second kappa shape index (κ2) is 8.24. The Morgan fingerprint density at radius 2 is 1.96 bits per heavy atom. The van der Waals surface area contributed by atoms with E-state index in [2.05, 4.69) is 4.74 Å². The SMILES string of the molecule is CCOCC(=O)OCC(=O)Nc1ccc([N+](=O)[O-])cc1C(F)(F)F. The van der Waals surface area contributed by atoms with Crippen LogP contribution in [-0.2, 0) is 25.2 Å². The number of nitro benzene ring substituents is 1. The molecule has 8 nitrogen and oxygen atoms in total. The summed E-state index contributed by atoms with van der Waals surface area (Å²) in [5.41, 5.74) is -2.84. The molecule has 0 radical (unpaired) electrons. The van der Waals surface area contributed by atoms with Crippen molar-refractivity contribution < 1.29 is 37.2 Å². The van der Waals surface area contributed by atoms with Crippen LogP contribution in [0.5, 0.6) is 0 Å². The highest BCUT2D eigenvalue weighted by molar-refractivity contribution is 5.93. The second-order valence-corrected chi connectivity index (χ2v) is 4.33. The maximum absolute atomic E-state index is 12.9. The Labute approximate surface area is 133 Å². The van der Waals surface area contributed by atoms with Gasteiger partial charge in [0.25, 0.3) is 11.6 Å². The van der Waals surface area contributed by atoms with Crippen LogP contribution in [0.2, 0.25) is 0 Å². The standard InChI is InChI=1S/C13H13F3N2O6/c1-2-23-7-12(20)24-6-11(19)17-10-4-3-8(18(21)22)5-9(10)13(14,15)16/h3-5H,2,6-7H2,1H3,(H,17,19). The van der Waals surface area contributed by atoms with Crippen molar-refractivity contribution >= 4 is 23.3 Å². The lowest BCUT2D eigenvalue weighted by Gasteiger charge is -2.13. The van der Waals surface area contributed by atoms with Gasteiger partial charge in [-0.3, -0.25) is 14.9 Å². The quantitative estimate of drug-likeness (QED) is 0.458. The van der Waals surface area contributed by atoms with Gasteiger partial charge in [-0.05, 0) is 13.0 Å². The molecular formula is C13H13F3N2O6. The number of carbonyl (C=O) groups excluding carboxylic acids is 2. The molecule has 0 saturated carbocycles. The van der Waals surface area contributed by atoms with Crippen molar-refractivity contribution in [2.75, 3.05) is 25.1 Å². The Morgan fingerprint density at radius 3 is 2.50 bits per heavy atom. The summed E-state index contributed by atoms with van der Waals surface area (Å²) in [5, 5.41) is 12.5. The number of hydrogen-bond acceptors (Lipinski definition) is 6. The van der Waals surface area contributed by atoms with E-state index in [0.717, 1.165) is 12.1 Å². The highest BCUT2D eigenvalue weighted by atomic mass is 19.4. The molecule has 1 aromatic rings. The lowest BCUT2D eigenvalue weighted by atomic mass is 10.1. The first-order valence-corrected chi connectivity index (χ1v) is 6.54. The summed E-state index contributed by atoms with van der Waals surface area (Å²) in [5.74, 6) is -1.88. The van der Waals surface area contributed by atoms with E-state index in [1.807, 2.05) is 5.32 Å². The molecule has 24 heavy (non-hydrogen) atoms. The number of hydrogen-bond donors (Lipinski definition) is 1. The third-order valence-electron chi connectivity index (χ3n) is 2.58. The number of esters is 1. The van der Waals surface area contributed by atoms with Gasteiger partial charge < -0.3 is 14.8 Å². The van der Waals surface area contributed by atoms with E-state index in [4.69, 9.17) is 4.74 Å². The van der Waals surface area contributed by atoms with Gasteiger partial charge in [0.05, 0.1) is 16.2 Å². The molecular weight excluding hydrogens is 337 g/mol. The number of nitrogens with zero attached hydrogens (tertiary/aromatic N) is 1. The number of alkyl halides is 3. The number of benzene rings is 1. The van der Waals surface area contributed by atoms with Gasteiger partial charge in [0.2, 0.25) is 0 Å². The number of nitro groups is 1. The van der Waals surface area contributed by atoms with Crippen LogP contribution in [0, 0.1) is 10.1 Å². The van der Waals surface area contributed by atoms with Crippen LogP contribution in [0.15, 0.2) is 18.2 Å². The minimum Gasteiger partial charge on any atom is -0.454 e. The predicted octanol–water partition coefficient (Wildman–Crippen LogP) is 2.13. The van der Waals surface area contributed by atoms with Crippen molar-refractivity contribution in [1.29, 1.82) is 0 Å². The van der Waals surface area contributed by atoms with E-state index in [-0.39, 0.29) is 6.61 Å². The highest BCUT2D eigenvalue weighted by Crippen LogP contribution is 2.37. The number of rotatable bonds is 7. The summed E-state index contributed by atoms with van der Waals surface area (Å²) in [7, 11) is 0. The molecule has 0 aliphatic rings. The number of non-ortho nitro benzene ring substituents is 1. The molecule has 0 atom stereocenters. The molecule has 11 heteroatoms. The van der Waals surface area contributed by atoms with E-state index in [1.54, 1.807) is 6.92 Å². The van der Waals surface area contributed by atoms with Crippen molar-refractivity contribution in [1.82, 2.24) is 0 Å². The Bertz CT molecular complexity index is 633. The lowest BCUT2D eigenvalue weighted by molar-refractivity contribution is -0.385. The Morgan fingerprint density at radius 1 is 1.29 bits per heavy atom. The first-order chi connectivity index (χ1) is 11.1. The smallest absolute Gasteiger partial charge is 0.418 e. The minimum absolute atomic E-state index is 0.249. The zero-order valence-corrected chi connectivity index (χ0v) is 12.4. The maximum atomic E-state index is 12.9. The lowest BCUT2D eigenvalue weighted by Crippen LogP contribution is -2.24. The van der Waals surface area contributed by atoms with Crippen LogP contribution < -0.4 is 5.32 Å². The molecule has 1 aromatic carbocycles. The molecule has 0 saturated heterocycles. The van der Waals surface area contributed by atoms with E-state index >= 15 is 0 Å². The summed E-state index contributed by atoms with van der Waals surface area (Å²) < 4.78 is 48.0. The van der Waals surface area contributed by atoms with Crippen LogP contribution in [0.25, 0.3) is 0 Å². The normalized spacial score (nSPS) is 11.0. The zero-order valence-electron chi connectivity index (χ0n) is 12.4. The Balaban J connectivity index is 2.81. The molecule has 0 unspecified atom stereocenters. The van der Waals surface area contributed by atoms with Gasteiger partial charge >= 0.3 is 12.1 Å². The van der Waals surface area contributed by atoms with E-state index < -0.39 is 53.1 Å². The molecule has 0 aliphatic carbocycles. The van der Waals surface area contributed by atoms with Crippen molar-refractivity contribution in [2.45, 2.75) is 13.1 Å². The van der Waals surface area contributed by atoms with Gasteiger partial charge in [0.15, 0.2) is 6.61 Å². The maximum Gasteiger partial charge on any atom is 0.418 e. The number of ether oxygens (including phenoxy) is 2. The average Bonchev–Trinajstić information content (AvgIpc) is 2.50. The van der Waals surface area contributed by atoms with Crippen LogP contribution >= 0.6 is 0 Å². The third kappa shape index (κ3) is 5.83. The van der Waals surface area contributed by atoms with Crippen LogP contribution in [0.3, 0.4) is 0 Å². The number of nitrogens with one attached hydrogen (secondary N) is 1. The predicted molar refractivity (Wildman–Crippen MR) is 74.2 cm³/mol. The summed E-state index contributed by atoms with van der Waals surface area (Å²) in [6.07, 6.45) is -4.92. The van der Waals surface area contributed by atoms with Crippen molar-refractivity contribution in [3.63, 3.8) is 0 Å². The zero-order chi connectivity index (χ0) is 18.3. The van der Waals surface area contributed by atoms with Crippen LogP contribution in [-0.4, -0.2) is 36.6 Å². The molecule has 1 rings (SSSR count). The molecule has 0 fully saturated rings. The number of anilines is 1. The Hall–Kier alpha value is -2.69.